The molecule has 0 unspecified atom stereocenters. The molecule has 0 spiro atoms. The lowest BCUT2D eigenvalue weighted by molar-refractivity contribution is -0.150. The van der Waals surface area contributed by atoms with E-state index in [1.165, 1.54) is 12.7 Å². The molecule has 0 amide bonds. The van der Waals surface area contributed by atoms with Crippen LogP contribution in [0.5, 0.6) is 0 Å². The quantitative estimate of drug-likeness (QED) is 0.0720. The van der Waals surface area contributed by atoms with Gasteiger partial charge in [-0.3, -0.25) is 23.2 Å². The number of halogens is 1. The normalized spacial score (nSPS) is 23.3. The first-order valence-electron chi connectivity index (χ1n) is 15.3. The summed E-state index contributed by atoms with van der Waals surface area (Å²) in [6.07, 6.45) is -0.496. The van der Waals surface area contributed by atoms with E-state index in [0.29, 0.717) is 11.2 Å². The molecule has 48 heavy (non-hydrogen) atoms. The van der Waals surface area contributed by atoms with E-state index in [2.05, 4.69) is 20.0 Å². The standard InChI is InChI=1S/C30H43ClN7O8PS/c1-18(2)21(32)26(40)43-15-29(3,4)28(41)48-12-11-44-47(42,37-13-19-9-7-6-8-10-19)45-14-20-23(39)30(5,31)27(46-20)38-17-36-22-24(33)34-16-35-25(22)38/h6-10,16-18,20-21,23,27,39H,11-15,32H2,1-5H3,(H,37,42)(H2,33,34,35)/t20-,21-,23-,27-,30-,47-/m1/s1. The van der Waals surface area contributed by atoms with E-state index in [-0.39, 0.29) is 49.0 Å². The third-order valence-electron chi connectivity index (χ3n) is 7.78. The highest BCUT2D eigenvalue weighted by atomic mass is 35.5. The number of benzene rings is 1. The first-order chi connectivity index (χ1) is 22.6. The zero-order chi connectivity index (χ0) is 35.3. The molecule has 4 rings (SSSR count). The number of nitrogens with one attached hydrogen (secondary N) is 1. The fourth-order valence-electron chi connectivity index (χ4n) is 4.64. The molecule has 6 N–H and O–H groups in total. The number of nitrogens with zero attached hydrogens (tertiary/aromatic N) is 4. The molecule has 264 valence electrons. The van der Waals surface area contributed by atoms with Crippen LogP contribution in [-0.4, -0.2) is 84.4 Å². The number of aliphatic hydroxyl groups excluding tert-OH is 1. The zero-order valence-electron chi connectivity index (χ0n) is 27.4. The van der Waals surface area contributed by atoms with Gasteiger partial charge in [0.05, 0.1) is 25.0 Å². The average molecular weight is 728 g/mol. The van der Waals surface area contributed by atoms with Crippen molar-refractivity contribution in [3.8, 4) is 0 Å². The maximum atomic E-state index is 13.9. The molecule has 18 heteroatoms. The summed E-state index contributed by atoms with van der Waals surface area (Å²) < 4.78 is 38.4. The minimum atomic E-state index is -4.03. The molecule has 0 saturated carbocycles. The van der Waals surface area contributed by atoms with Gasteiger partial charge in [-0.1, -0.05) is 55.9 Å². The Morgan fingerprint density at radius 3 is 2.62 bits per heavy atom. The highest BCUT2D eigenvalue weighted by Gasteiger charge is 2.54. The number of hydrogen-bond donors (Lipinski definition) is 4. The number of nitrogen functional groups attached to an aromatic ring is 1. The second kappa shape index (κ2) is 15.9. The molecule has 1 aromatic carbocycles. The van der Waals surface area contributed by atoms with Crippen molar-refractivity contribution in [2.75, 3.05) is 31.3 Å². The minimum Gasteiger partial charge on any atom is -0.463 e. The van der Waals surface area contributed by atoms with Gasteiger partial charge in [0.1, 0.15) is 41.6 Å². The molecule has 6 atom stereocenters. The Kier molecular flexibility index (Phi) is 12.6. The number of carbonyl (C=O) groups excluding carboxylic acids is 2. The summed E-state index contributed by atoms with van der Waals surface area (Å²) in [6.45, 7) is 8.05. The number of anilines is 1. The summed E-state index contributed by atoms with van der Waals surface area (Å²) in [7, 11) is -4.03. The second-order valence-electron chi connectivity index (χ2n) is 12.6. The Morgan fingerprint density at radius 2 is 1.94 bits per heavy atom. The summed E-state index contributed by atoms with van der Waals surface area (Å²) in [5.41, 5.74) is 12.3. The van der Waals surface area contributed by atoms with Crippen LogP contribution in [-0.2, 0) is 39.2 Å². The van der Waals surface area contributed by atoms with Gasteiger partial charge >= 0.3 is 13.7 Å². The maximum Gasteiger partial charge on any atom is 0.405 e. The van der Waals surface area contributed by atoms with Gasteiger partial charge in [-0.25, -0.2) is 24.6 Å². The highest BCUT2D eigenvalue weighted by molar-refractivity contribution is 8.13. The lowest BCUT2D eigenvalue weighted by atomic mass is 9.97. The third-order valence-corrected chi connectivity index (χ3v) is 10.9. The SMILES string of the molecule is CC(C)[C@@H](N)C(=O)OCC(C)(C)C(=O)SCCO[P@](=O)(NCc1ccccc1)OC[C@H]1O[C@@H](n2cnc3c(N)ncnc32)[C@](C)(Cl)[C@@H]1O. The van der Waals surface area contributed by atoms with Gasteiger partial charge in [0.25, 0.3) is 0 Å². The molecule has 15 nitrogen and oxygen atoms in total. The summed E-state index contributed by atoms with van der Waals surface area (Å²) in [4.78, 5) is 36.2. The number of aliphatic hydroxyl groups is 1. The van der Waals surface area contributed by atoms with Crippen molar-refractivity contribution in [3.05, 3.63) is 48.5 Å². The third kappa shape index (κ3) is 9.11. The van der Waals surface area contributed by atoms with E-state index >= 15 is 0 Å². The number of nitrogens with two attached hydrogens (primary N) is 2. The summed E-state index contributed by atoms with van der Waals surface area (Å²) in [6, 6.07) is 8.43. The van der Waals surface area contributed by atoms with Gasteiger partial charge in [-0.15, -0.1) is 11.6 Å². The van der Waals surface area contributed by atoms with Crippen LogP contribution in [0.1, 0.15) is 46.4 Å². The van der Waals surface area contributed by atoms with E-state index in [9.17, 15) is 19.3 Å². The van der Waals surface area contributed by atoms with Crippen LogP contribution in [0.4, 0.5) is 5.82 Å². The van der Waals surface area contributed by atoms with Crippen LogP contribution in [0.15, 0.2) is 43.0 Å². The Balaban J connectivity index is 1.38. The Labute approximate surface area is 288 Å². The number of aromatic nitrogens is 4. The fourth-order valence-corrected chi connectivity index (χ4v) is 7.17. The van der Waals surface area contributed by atoms with Crippen molar-refractivity contribution in [3.63, 3.8) is 0 Å². The number of imidazole rings is 1. The van der Waals surface area contributed by atoms with E-state index in [0.717, 1.165) is 17.3 Å². The van der Waals surface area contributed by atoms with E-state index in [4.69, 9.17) is 41.6 Å². The largest absolute Gasteiger partial charge is 0.463 e. The number of alkyl halides is 1. The van der Waals surface area contributed by atoms with Crippen molar-refractivity contribution >= 4 is 59.2 Å². The fraction of sp³-hybridized carbons (Fsp3) is 0.567. The summed E-state index contributed by atoms with van der Waals surface area (Å²) in [5.74, 6) is -0.372. The molecule has 3 heterocycles. The van der Waals surface area contributed by atoms with Crippen molar-refractivity contribution in [1.82, 2.24) is 24.6 Å². The predicted molar refractivity (Wildman–Crippen MR) is 182 cm³/mol. The van der Waals surface area contributed by atoms with Gasteiger partial charge in [0, 0.05) is 12.3 Å². The monoisotopic (exact) mass is 727 g/mol. The lowest BCUT2D eigenvalue weighted by Gasteiger charge is -2.26. The Morgan fingerprint density at radius 1 is 1.23 bits per heavy atom. The number of thioether (sulfide) groups is 1. The van der Waals surface area contributed by atoms with E-state index < -0.39 is 48.5 Å². The topological polar surface area (TPSA) is 216 Å². The van der Waals surface area contributed by atoms with Gasteiger partial charge in [-0.2, -0.15) is 0 Å². The molecule has 1 aliphatic heterocycles. The number of fused-ring (bicyclic) bond motifs is 1. The second-order valence-corrected chi connectivity index (χ2v) is 16.3. The molecule has 0 radical (unpaired) electrons. The highest BCUT2D eigenvalue weighted by Crippen LogP contribution is 2.48. The number of hydrogen-bond acceptors (Lipinski definition) is 14. The molecule has 2 aromatic heterocycles. The molecule has 1 saturated heterocycles. The molecular weight excluding hydrogens is 685 g/mol. The predicted octanol–water partition coefficient (Wildman–Crippen LogP) is 3.41. The van der Waals surface area contributed by atoms with Crippen LogP contribution in [0.3, 0.4) is 0 Å². The van der Waals surface area contributed by atoms with Gasteiger partial charge < -0.3 is 26.0 Å². The van der Waals surface area contributed by atoms with Crippen LogP contribution in [0, 0.1) is 11.3 Å². The van der Waals surface area contributed by atoms with Crippen LogP contribution < -0.4 is 16.6 Å². The van der Waals surface area contributed by atoms with E-state index in [1.807, 2.05) is 30.3 Å². The number of ether oxygens (including phenoxy) is 2. The van der Waals surface area contributed by atoms with Gasteiger partial charge in [0.2, 0.25) is 0 Å². The van der Waals surface area contributed by atoms with E-state index in [1.54, 1.807) is 39.2 Å². The number of esters is 1. The molecule has 1 aliphatic rings. The Bertz CT molecular complexity index is 1610. The smallest absolute Gasteiger partial charge is 0.405 e. The minimum absolute atomic E-state index is 0.104. The molecule has 1 fully saturated rings. The maximum absolute atomic E-state index is 13.9. The summed E-state index contributed by atoms with van der Waals surface area (Å²) in [5, 5.41) is 13.7. The van der Waals surface area contributed by atoms with Crippen LogP contribution in [0.2, 0.25) is 0 Å². The van der Waals surface area contributed by atoms with Crippen molar-refractivity contribution in [2.24, 2.45) is 17.1 Å². The molecule has 0 bridgehead atoms. The van der Waals surface area contributed by atoms with Crippen LogP contribution in [0.25, 0.3) is 11.2 Å². The van der Waals surface area contributed by atoms with Crippen molar-refractivity contribution in [1.29, 1.82) is 0 Å². The van der Waals surface area contributed by atoms with Crippen molar-refractivity contribution in [2.45, 2.75) is 70.5 Å². The molecular formula is C30H43ClN7O8PS. The zero-order valence-corrected chi connectivity index (χ0v) is 29.9. The average Bonchev–Trinajstić information content (AvgIpc) is 3.58. The summed E-state index contributed by atoms with van der Waals surface area (Å²) >= 11 is 7.75. The number of carbonyl (C=O) groups is 2. The van der Waals surface area contributed by atoms with Crippen molar-refractivity contribution < 1.29 is 37.8 Å². The first kappa shape index (κ1) is 38.1. The Hall–Kier alpha value is -2.66. The van der Waals surface area contributed by atoms with Gasteiger partial charge in [-0.05, 0) is 32.3 Å². The molecule has 0 aliphatic carbocycles. The number of rotatable bonds is 16. The van der Waals surface area contributed by atoms with Gasteiger partial charge in [0.15, 0.2) is 22.8 Å². The first-order valence-corrected chi connectivity index (χ1v) is 18.2. The molecule has 3 aromatic rings. The lowest BCUT2D eigenvalue weighted by Crippen LogP contribution is -2.40. The van der Waals surface area contributed by atoms with Crippen LogP contribution >= 0.6 is 31.1 Å².